The number of rotatable bonds is 8. The Balaban J connectivity index is 0.00000277. The van der Waals surface area contributed by atoms with Gasteiger partial charge in [-0.15, -0.1) is 12.4 Å². The molecule has 1 unspecified atom stereocenters. The minimum Gasteiger partial charge on any atom is -0.504 e. The zero-order valence-corrected chi connectivity index (χ0v) is 23.0. The molecule has 4 aliphatic rings. The Hall–Kier alpha value is -2.86. The summed E-state index contributed by atoms with van der Waals surface area (Å²) in [5.74, 6) is 0.813. The average molecular weight is 546 g/mol. The second kappa shape index (κ2) is 10.3. The van der Waals surface area contributed by atoms with Crippen LogP contribution in [-0.4, -0.2) is 53.2 Å². The molecule has 3 aromatic rings. The van der Waals surface area contributed by atoms with E-state index >= 15 is 0 Å². The van der Waals surface area contributed by atoms with E-state index in [0.717, 1.165) is 50.8 Å². The SMILES string of the molecule is Cl.O=C1CC[C@@]2(OCCCc3ccccc3)[C@H]3Cc4ccc(O)c5c4[C@@]2(CCN3CCc2ccccc2)C1O5. The van der Waals surface area contributed by atoms with E-state index in [0.29, 0.717) is 25.2 Å². The fraction of sp³-hybridized carbons (Fsp3) is 0.424. The lowest BCUT2D eigenvalue weighted by atomic mass is 9.48. The molecule has 2 fully saturated rings. The van der Waals surface area contributed by atoms with Crippen molar-refractivity contribution in [2.24, 2.45) is 0 Å². The molecule has 0 amide bonds. The van der Waals surface area contributed by atoms with Gasteiger partial charge in [0, 0.05) is 31.2 Å². The van der Waals surface area contributed by atoms with Gasteiger partial charge in [0.25, 0.3) is 0 Å². The predicted octanol–water partition coefficient (Wildman–Crippen LogP) is 5.44. The van der Waals surface area contributed by atoms with E-state index in [1.165, 1.54) is 16.7 Å². The smallest absolute Gasteiger partial charge is 0.174 e. The molecule has 4 atom stereocenters. The van der Waals surface area contributed by atoms with Crippen molar-refractivity contribution >= 4 is 18.2 Å². The van der Waals surface area contributed by atoms with Crippen molar-refractivity contribution in [3.63, 3.8) is 0 Å². The number of phenolic OH excluding ortho intramolecular Hbond substituents is 1. The molecule has 2 aliphatic carbocycles. The number of benzene rings is 3. The van der Waals surface area contributed by atoms with Crippen molar-refractivity contribution in [3.05, 3.63) is 95.1 Å². The van der Waals surface area contributed by atoms with Crippen LogP contribution in [0.1, 0.15) is 47.9 Å². The first-order chi connectivity index (χ1) is 18.6. The van der Waals surface area contributed by atoms with Crippen molar-refractivity contribution in [1.29, 1.82) is 0 Å². The molecular weight excluding hydrogens is 510 g/mol. The van der Waals surface area contributed by atoms with Gasteiger partial charge in [0.1, 0.15) is 0 Å². The number of ether oxygens (including phenoxy) is 2. The van der Waals surface area contributed by atoms with Gasteiger partial charge in [0.15, 0.2) is 23.4 Å². The van der Waals surface area contributed by atoms with Crippen molar-refractivity contribution in [2.75, 3.05) is 19.7 Å². The normalized spacial score (nSPS) is 28.4. The summed E-state index contributed by atoms with van der Waals surface area (Å²) in [5, 5.41) is 10.8. The van der Waals surface area contributed by atoms with Crippen LogP contribution in [0.4, 0.5) is 0 Å². The van der Waals surface area contributed by atoms with Gasteiger partial charge in [-0.05, 0) is 67.8 Å². The number of nitrogens with zero attached hydrogens (tertiary/aromatic N) is 1. The van der Waals surface area contributed by atoms with Gasteiger partial charge in [-0.1, -0.05) is 66.7 Å². The zero-order valence-electron chi connectivity index (χ0n) is 22.2. The third kappa shape index (κ3) is 4.01. The summed E-state index contributed by atoms with van der Waals surface area (Å²) in [5.41, 5.74) is 3.87. The van der Waals surface area contributed by atoms with Crippen LogP contribution < -0.4 is 4.74 Å². The summed E-state index contributed by atoms with van der Waals surface area (Å²) >= 11 is 0. The van der Waals surface area contributed by atoms with Gasteiger partial charge in [0.2, 0.25) is 0 Å². The molecule has 39 heavy (non-hydrogen) atoms. The lowest BCUT2D eigenvalue weighted by Gasteiger charge is -2.64. The Labute approximate surface area is 236 Å². The molecule has 1 saturated heterocycles. The number of carbonyl (C=O) groups excluding carboxylic acids is 1. The first-order valence-corrected chi connectivity index (χ1v) is 14.1. The molecular formula is C33H36ClNO4. The van der Waals surface area contributed by atoms with Crippen LogP contribution in [0.3, 0.4) is 0 Å². The number of ketones is 1. The monoisotopic (exact) mass is 545 g/mol. The van der Waals surface area contributed by atoms with Gasteiger partial charge in [-0.25, -0.2) is 0 Å². The van der Waals surface area contributed by atoms with Crippen LogP contribution in [0.5, 0.6) is 11.5 Å². The van der Waals surface area contributed by atoms with Gasteiger partial charge in [-0.2, -0.15) is 0 Å². The maximum Gasteiger partial charge on any atom is 0.174 e. The first kappa shape index (κ1) is 26.4. The lowest BCUT2D eigenvalue weighted by molar-refractivity contribution is -0.213. The summed E-state index contributed by atoms with van der Waals surface area (Å²) in [6.45, 7) is 2.50. The zero-order chi connectivity index (χ0) is 25.7. The predicted molar refractivity (Wildman–Crippen MR) is 153 cm³/mol. The molecule has 7 rings (SSSR count). The summed E-state index contributed by atoms with van der Waals surface area (Å²) < 4.78 is 13.5. The minimum atomic E-state index is -0.577. The number of Topliss-reactive ketones (excluding diaryl/α,β-unsaturated/α-hetero) is 1. The fourth-order valence-corrected chi connectivity index (χ4v) is 8.04. The molecule has 1 N–H and O–H groups in total. The van der Waals surface area contributed by atoms with Crippen LogP contribution in [0.2, 0.25) is 0 Å². The Morgan fingerprint density at radius 1 is 0.949 bits per heavy atom. The quantitative estimate of drug-likeness (QED) is 0.382. The molecule has 204 valence electrons. The Morgan fingerprint density at radius 2 is 1.67 bits per heavy atom. The highest BCUT2D eigenvalue weighted by molar-refractivity contribution is 5.90. The molecule has 2 aliphatic heterocycles. The van der Waals surface area contributed by atoms with Crippen molar-refractivity contribution in [3.8, 4) is 11.5 Å². The molecule has 0 radical (unpaired) electrons. The van der Waals surface area contributed by atoms with Crippen LogP contribution >= 0.6 is 12.4 Å². The van der Waals surface area contributed by atoms with Gasteiger partial charge in [0.05, 0.1) is 11.0 Å². The van der Waals surface area contributed by atoms with E-state index < -0.39 is 17.1 Å². The number of aromatic hydroxyl groups is 1. The van der Waals surface area contributed by atoms with E-state index in [1.807, 2.05) is 6.07 Å². The highest BCUT2D eigenvalue weighted by Crippen LogP contribution is 2.66. The first-order valence-electron chi connectivity index (χ1n) is 14.1. The van der Waals surface area contributed by atoms with E-state index in [-0.39, 0.29) is 30.0 Å². The second-order valence-electron chi connectivity index (χ2n) is 11.5. The molecule has 2 heterocycles. The van der Waals surface area contributed by atoms with Gasteiger partial charge in [-0.3, -0.25) is 9.69 Å². The number of halogens is 1. The topological polar surface area (TPSA) is 59.0 Å². The van der Waals surface area contributed by atoms with E-state index in [4.69, 9.17) is 9.47 Å². The van der Waals surface area contributed by atoms with Crippen LogP contribution in [0, 0.1) is 0 Å². The fourth-order valence-electron chi connectivity index (χ4n) is 8.04. The molecule has 1 spiro atoms. The molecule has 5 nitrogen and oxygen atoms in total. The van der Waals surface area contributed by atoms with Crippen LogP contribution in [-0.2, 0) is 34.2 Å². The van der Waals surface area contributed by atoms with E-state index in [9.17, 15) is 9.90 Å². The lowest BCUT2D eigenvalue weighted by Crippen LogP contribution is -2.77. The van der Waals surface area contributed by atoms with Crippen molar-refractivity contribution < 1.29 is 19.4 Å². The standard InChI is InChI=1S/C33H35NO4.ClH/c35-26-14-13-25-22-28-33(37-21-7-12-23-8-3-1-4-9-23)17-15-27(36)31-32(33,29(25)30(26)38-31)18-20-34(28)19-16-24-10-5-2-6-11-24;/h1-6,8-11,13-14,28,31,35H,7,12,15-22H2;1H/t28-,31?,32+,33-;/m1./s1. The summed E-state index contributed by atoms with van der Waals surface area (Å²) in [7, 11) is 0. The van der Waals surface area contributed by atoms with Crippen LogP contribution in [0.25, 0.3) is 0 Å². The Bertz CT molecular complexity index is 1350. The number of hydrogen-bond donors (Lipinski definition) is 1. The van der Waals surface area contributed by atoms with Gasteiger partial charge >= 0.3 is 0 Å². The number of aryl methyl sites for hydroxylation is 1. The largest absolute Gasteiger partial charge is 0.504 e. The number of phenols is 1. The molecule has 1 saturated carbocycles. The molecule has 3 aromatic carbocycles. The van der Waals surface area contributed by atoms with Crippen molar-refractivity contribution in [2.45, 2.75) is 68.1 Å². The number of piperidine rings is 1. The number of carbonyl (C=O) groups is 1. The summed E-state index contributed by atoms with van der Waals surface area (Å²) in [6, 6.07) is 25.2. The maximum absolute atomic E-state index is 13.4. The third-order valence-corrected chi connectivity index (χ3v) is 9.67. The van der Waals surface area contributed by atoms with Gasteiger partial charge < -0.3 is 14.6 Å². The van der Waals surface area contributed by atoms with E-state index in [1.54, 1.807) is 6.07 Å². The Morgan fingerprint density at radius 3 is 2.41 bits per heavy atom. The maximum atomic E-state index is 13.4. The number of likely N-dealkylation sites (tertiary alicyclic amines) is 1. The minimum absolute atomic E-state index is 0. The van der Waals surface area contributed by atoms with E-state index in [2.05, 4.69) is 65.6 Å². The summed E-state index contributed by atoms with van der Waals surface area (Å²) in [4.78, 5) is 16.0. The highest BCUT2D eigenvalue weighted by Gasteiger charge is 2.74. The van der Waals surface area contributed by atoms with Crippen molar-refractivity contribution in [1.82, 2.24) is 4.90 Å². The average Bonchev–Trinajstić information content (AvgIpc) is 3.31. The highest BCUT2D eigenvalue weighted by atomic mass is 35.5. The third-order valence-electron chi connectivity index (χ3n) is 9.67. The summed E-state index contributed by atoms with van der Waals surface area (Å²) in [6.07, 6.45) is 5.12. The van der Waals surface area contributed by atoms with Crippen LogP contribution in [0.15, 0.2) is 72.8 Å². The molecule has 6 heteroatoms. The molecule has 2 bridgehead atoms. The number of hydrogen-bond acceptors (Lipinski definition) is 5. The Kier molecular flexibility index (Phi) is 6.95. The molecule has 0 aromatic heterocycles. The second-order valence-corrected chi connectivity index (χ2v) is 11.5.